The van der Waals surface area contributed by atoms with Crippen molar-refractivity contribution in [3.05, 3.63) is 64.5 Å². The van der Waals surface area contributed by atoms with Gasteiger partial charge in [0.15, 0.2) is 0 Å². The van der Waals surface area contributed by atoms with Gasteiger partial charge in [0.1, 0.15) is 11.5 Å². The summed E-state index contributed by atoms with van der Waals surface area (Å²) in [5.41, 5.74) is 1.87. The average Bonchev–Trinajstić information content (AvgIpc) is 3.10. The van der Waals surface area contributed by atoms with E-state index in [1.165, 1.54) is 37.3 Å². The van der Waals surface area contributed by atoms with Gasteiger partial charge < -0.3 is 9.52 Å². The number of phenols is 1. The minimum absolute atomic E-state index is 0.0731. The van der Waals surface area contributed by atoms with Crippen LogP contribution in [-0.2, 0) is 0 Å². The third kappa shape index (κ3) is 2.52. The average molecular weight is 306 g/mol. The quantitative estimate of drug-likeness (QED) is 0.738. The first-order valence-corrected chi connectivity index (χ1v) is 8.08. The Morgan fingerprint density at radius 1 is 1.00 bits per heavy atom. The zero-order valence-corrected chi connectivity index (χ0v) is 12.8. The van der Waals surface area contributed by atoms with Crippen molar-refractivity contribution in [1.29, 1.82) is 0 Å². The number of hydrogen-bond donors (Lipinski definition) is 1. The van der Waals surface area contributed by atoms with Gasteiger partial charge >= 0.3 is 5.63 Å². The van der Waals surface area contributed by atoms with Gasteiger partial charge in [0.2, 0.25) is 0 Å². The minimum atomic E-state index is -0.408. The number of benzene rings is 2. The molecule has 0 unspecified atom stereocenters. The monoisotopic (exact) mass is 306 g/mol. The topological polar surface area (TPSA) is 50.4 Å². The van der Waals surface area contributed by atoms with Crippen LogP contribution in [-0.4, -0.2) is 5.11 Å². The number of fused-ring (bicyclic) bond motifs is 1. The molecule has 0 saturated heterocycles. The van der Waals surface area contributed by atoms with E-state index in [4.69, 9.17) is 4.42 Å². The van der Waals surface area contributed by atoms with Gasteiger partial charge in [0.05, 0.1) is 5.39 Å². The normalized spacial score (nSPS) is 15.3. The van der Waals surface area contributed by atoms with E-state index in [0.717, 1.165) is 10.9 Å². The van der Waals surface area contributed by atoms with E-state index in [2.05, 4.69) is 6.07 Å². The van der Waals surface area contributed by atoms with Crippen LogP contribution in [0, 0.1) is 0 Å². The highest BCUT2D eigenvalue weighted by atomic mass is 16.4. The van der Waals surface area contributed by atoms with Gasteiger partial charge in [-0.2, -0.15) is 0 Å². The summed E-state index contributed by atoms with van der Waals surface area (Å²) < 4.78 is 5.57. The van der Waals surface area contributed by atoms with Gasteiger partial charge in [-0.25, -0.2) is 4.79 Å². The standard InChI is InChI=1S/C20H18O3/c21-15-10-9-14-11-19(23-20(22)18(14)12-15)17-8-4-3-7-16(17)13-5-1-2-6-13/h3-4,7-13,21H,1-2,5-6H2. The molecule has 1 saturated carbocycles. The second-order valence-corrected chi connectivity index (χ2v) is 6.24. The lowest BCUT2D eigenvalue weighted by Crippen LogP contribution is -2.02. The second-order valence-electron chi connectivity index (χ2n) is 6.24. The summed E-state index contributed by atoms with van der Waals surface area (Å²) in [4.78, 5) is 12.3. The van der Waals surface area contributed by atoms with Gasteiger partial charge in [0.25, 0.3) is 0 Å². The van der Waals surface area contributed by atoms with E-state index in [0.29, 0.717) is 17.1 Å². The molecule has 3 heteroatoms. The van der Waals surface area contributed by atoms with Crippen LogP contribution in [0.5, 0.6) is 5.75 Å². The molecule has 2 aromatic carbocycles. The molecule has 23 heavy (non-hydrogen) atoms. The molecule has 0 spiro atoms. The van der Waals surface area contributed by atoms with E-state index in [9.17, 15) is 9.90 Å². The largest absolute Gasteiger partial charge is 0.508 e. The van der Waals surface area contributed by atoms with Gasteiger partial charge in [-0.3, -0.25) is 0 Å². The molecule has 1 aliphatic rings. The zero-order valence-electron chi connectivity index (χ0n) is 12.8. The Morgan fingerprint density at radius 3 is 2.61 bits per heavy atom. The van der Waals surface area contributed by atoms with Crippen molar-refractivity contribution in [1.82, 2.24) is 0 Å². The zero-order chi connectivity index (χ0) is 15.8. The van der Waals surface area contributed by atoms with Crippen LogP contribution < -0.4 is 5.63 Å². The van der Waals surface area contributed by atoms with E-state index in [1.54, 1.807) is 12.1 Å². The predicted molar refractivity (Wildman–Crippen MR) is 90.8 cm³/mol. The highest BCUT2D eigenvalue weighted by molar-refractivity contribution is 5.85. The Bertz CT molecular complexity index is 918. The molecule has 1 aromatic heterocycles. The Morgan fingerprint density at radius 2 is 1.78 bits per heavy atom. The van der Waals surface area contributed by atoms with Crippen LogP contribution in [0.3, 0.4) is 0 Å². The fourth-order valence-electron chi connectivity index (χ4n) is 3.62. The highest BCUT2D eigenvalue weighted by Gasteiger charge is 2.21. The summed E-state index contributed by atoms with van der Waals surface area (Å²) in [5.74, 6) is 1.23. The Labute approximate surface area is 134 Å². The first kappa shape index (κ1) is 14.1. The van der Waals surface area contributed by atoms with E-state index in [-0.39, 0.29) is 5.75 Å². The van der Waals surface area contributed by atoms with Crippen molar-refractivity contribution in [3.8, 4) is 17.1 Å². The number of hydrogen-bond acceptors (Lipinski definition) is 3. The fourth-order valence-corrected chi connectivity index (χ4v) is 3.62. The van der Waals surface area contributed by atoms with Gasteiger partial charge in [-0.1, -0.05) is 43.2 Å². The second kappa shape index (κ2) is 5.58. The Hall–Kier alpha value is -2.55. The maximum atomic E-state index is 12.3. The molecule has 1 fully saturated rings. The fraction of sp³-hybridized carbons (Fsp3) is 0.250. The summed E-state index contributed by atoms with van der Waals surface area (Å²) in [6, 6.07) is 14.9. The molecule has 4 rings (SSSR count). The van der Waals surface area contributed by atoms with Crippen molar-refractivity contribution >= 4 is 10.8 Å². The van der Waals surface area contributed by atoms with Crippen molar-refractivity contribution in [2.75, 3.05) is 0 Å². The van der Waals surface area contributed by atoms with Crippen LogP contribution in [0.4, 0.5) is 0 Å². The van der Waals surface area contributed by atoms with E-state index >= 15 is 0 Å². The van der Waals surface area contributed by atoms with Crippen molar-refractivity contribution in [2.45, 2.75) is 31.6 Å². The maximum Gasteiger partial charge on any atom is 0.344 e. The first-order chi connectivity index (χ1) is 11.2. The molecule has 0 amide bonds. The molecule has 0 aliphatic heterocycles. The lowest BCUT2D eigenvalue weighted by Gasteiger charge is -2.14. The summed E-state index contributed by atoms with van der Waals surface area (Å²) in [5, 5.41) is 10.7. The molecular weight excluding hydrogens is 288 g/mol. The molecule has 0 radical (unpaired) electrons. The molecule has 1 N–H and O–H groups in total. The first-order valence-electron chi connectivity index (χ1n) is 8.08. The van der Waals surface area contributed by atoms with E-state index < -0.39 is 5.63 Å². The summed E-state index contributed by atoms with van der Waals surface area (Å²) in [6.07, 6.45) is 4.92. The third-order valence-electron chi connectivity index (χ3n) is 4.77. The smallest absolute Gasteiger partial charge is 0.344 e. The summed E-state index contributed by atoms with van der Waals surface area (Å²) >= 11 is 0. The van der Waals surface area contributed by atoms with Crippen molar-refractivity contribution < 1.29 is 9.52 Å². The molecule has 3 aromatic rings. The Balaban J connectivity index is 1.90. The van der Waals surface area contributed by atoms with Crippen LogP contribution in [0.15, 0.2) is 57.7 Å². The third-order valence-corrected chi connectivity index (χ3v) is 4.77. The number of aromatic hydroxyl groups is 1. The van der Waals surface area contributed by atoms with Crippen LogP contribution in [0.2, 0.25) is 0 Å². The predicted octanol–water partition coefficient (Wildman–Crippen LogP) is 4.82. The summed E-state index contributed by atoms with van der Waals surface area (Å²) in [7, 11) is 0. The molecule has 1 heterocycles. The van der Waals surface area contributed by atoms with Crippen molar-refractivity contribution in [3.63, 3.8) is 0 Å². The van der Waals surface area contributed by atoms with Gasteiger partial charge in [0, 0.05) is 5.56 Å². The van der Waals surface area contributed by atoms with Crippen molar-refractivity contribution in [2.24, 2.45) is 0 Å². The number of phenolic OH excluding ortho intramolecular Hbond substituents is 1. The molecule has 116 valence electrons. The SMILES string of the molecule is O=c1oc(-c2ccccc2C2CCCC2)cc2ccc(O)cc12. The van der Waals surface area contributed by atoms with Crippen LogP contribution in [0.25, 0.3) is 22.1 Å². The minimum Gasteiger partial charge on any atom is -0.508 e. The molecule has 0 bridgehead atoms. The lowest BCUT2D eigenvalue weighted by molar-refractivity contribution is 0.475. The molecule has 1 aliphatic carbocycles. The van der Waals surface area contributed by atoms with E-state index in [1.807, 2.05) is 24.3 Å². The number of rotatable bonds is 2. The maximum absolute atomic E-state index is 12.3. The summed E-state index contributed by atoms with van der Waals surface area (Å²) in [6.45, 7) is 0. The molecule has 3 nitrogen and oxygen atoms in total. The van der Waals surface area contributed by atoms with Crippen LogP contribution >= 0.6 is 0 Å². The molecule has 0 atom stereocenters. The highest BCUT2D eigenvalue weighted by Crippen LogP contribution is 2.39. The van der Waals surface area contributed by atoms with Crippen LogP contribution in [0.1, 0.15) is 37.2 Å². The van der Waals surface area contributed by atoms with Gasteiger partial charge in [-0.05, 0) is 47.9 Å². The Kier molecular flexibility index (Phi) is 3.41. The molecular formula is C20H18O3. The lowest BCUT2D eigenvalue weighted by atomic mass is 9.91. The van der Waals surface area contributed by atoms with Gasteiger partial charge in [-0.15, -0.1) is 0 Å².